The zero-order chi connectivity index (χ0) is 18.8. The standard InChI is InChI=1S/C19H18N6OS/c1-11-13(18(26-25-11)16-6-5-14(20)12(2)23-16)10-22-19-21-8-7-15(24-19)17-4-3-9-27-17/h3-9H,10,20H2,1-2H3,(H,21,22,24). The Hall–Kier alpha value is -3.26. The number of hydrogen-bond acceptors (Lipinski definition) is 8. The molecule has 0 bridgehead atoms. The summed E-state index contributed by atoms with van der Waals surface area (Å²) in [7, 11) is 0. The number of hydrogen-bond donors (Lipinski definition) is 2. The van der Waals surface area contributed by atoms with Crippen molar-refractivity contribution in [1.29, 1.82) is 0 Å². The summed E-state index contributed by atoms with van der Waals surface area (Å²) in [5.74, 6) is 1.17. The summed E-state index contributed by atoms with van der Waals surface area (Å²) >= 11 is 1.64. The van der Waals surface area contributed by atoms with Crippen molar-refractivity contribution in [2.75, 3.05) is 11.1 Å². The first-order chi connectivity index (χ1) is 13.1. The minimum Gasteiger partial charge on any atom is -0.397 e. The Labute approximate surface area is 160 Å². The van der Waals surface area contributed by atoms with Crippen molar-refractivity contribution in [2.24, 2.45) is 0 Å². The van der Waals surface area contributed by atoms with Crippen molar-refractivity contribution >= 4 is 23.0 Å². The van der Waals surface area contributed by atoms with Crippen LogP contribution < -0.4 is 11.1 Å². The van der Waals surface area contributed by atoms with Crippen LogP contribution in [0.2, 0.25) is 0 Å². The van der Waals surface area contributed by atoms with Gasteiger partial charge in [0.05, 0.1) is 27.6 Å². The van der Waals surface area contributed by atoms with Crippen LogP contribution in [0.3, 0.4) is 0 Å². The van der Waals surface area contributed by atoms with Crippen LogP contribution in [0.5, 0.6) is 0 Å². The van der Waals surface area contributed by atoms with Gasteiger partial charge in [-0.05, 0) is 43.5 Å². The molecular formula is C19H18N6OS. The van der Waals surface area contributed by atoms with Crippen LogP contribution >= 0.6 is 11.3 Å². The zero-order valence-electron chi connectivity index (χ0n) is 14.9. The molecule has 0 radical (unpaired) electrons. The molecule has 3 N–H and O–H groups in total. The molecule has 0 saturated heterocycles. The van der Waals surface area contributed by atoms with E-state index in [9.17, 15) is 0 Å². The molecule has 4 rings (SSSR count). The molecule has 8 heteroatoms. The Morgan fingerprint density at radius 2 is 1.96 bits per heavy atom. The van der Waals surface area contributed by atoms with E-state index in [-0.39, 0.29) is 0 Å². The molecule has 4 aromatic rings. The molecule has 7 nitrogen and oxygen atoms in total. The van der Waals surface area contributed by atoms with Crippen LogP contribution in [-0.4, -0.2) is 20.1 Å². The summed E-state index contributed by atoms with van der Waals surface area (Å²) in [4.78, 5) is 14.5. The number of nitrogens with zero attached hydrogens (tertiary/aromatic N) is 4. The number of aromatic nitrogens is 4. The van der Waals surface area contributed by atoms with Gasteiger partial charge in [0, 0.05) is 18.3 Å². The van der Waals surface area contributed by atoms with Crippen molar-refractivity contribution in [3.05, 3.63) is 58.9 Å². The highest BCUT2D eigenvalue weighted by Crippen LogP contribution is 2.27. The van der Waals surface area contributed by atoms with Gasteiger partial charge in [-0.25, -0.2) is 15.0 Å². The second-order valence-electron chi connectivity index (χ2n) is 6.04. The SMILES string of the molecule is Cc1nc(-c2onc(C)c2CNc2nccc(-c3cccs3)n2)ccc1N. The Balaban J connectivity index is 1.58. The summed E-state index contributed by atoms with van der Waals surface area (Å²) in [6, 6.07) is 9.59. The predicted molar refractivity (Wildman–Crippen MR) is 106 cm³/mol. The first-order valence-corrected chi connectivity index (χ1v) is 9.29. The predicted octanol–water partition coefficient (Wildman–Crippen LogP) is 4.07. The third-order valence-corrected chi connectivity index (χ3v) is 5.09. The van der Waals surface area contributed by atoms with E-state index < -0.39 is 0 Å². The van der Waals surface area contributed by atoms with Crippen LogP contribution in [-0.2, 0) is 6.54 Å². The molecule has 0 spiro atoms. The maximum Gasteiger partial charge on any atom is 0.223 e. The summed E-state index contributed by atoms with van der Waals surface area (Å²) in [6.45, 7) is 4.24. The molecule has 4 heterocycles. The molecular weight excluding hydrogens is 360 g/mol. The molecule has 0 saturated carbocycles. The number of nitrogens with one attached hydrogen (secondary N) is 1. The van der Waals surface area contributed by atoms with E-state index >= 15 is 0 Å². The van der Waals surface area contributed by atoms with Crippen LogP contribution in [0.1, 0.15) is 17.0 Å². The van der Waals surface area contributed by atoms with Crippen molar-refractivity contribution in [3.63, 3.8) is 0 Å². The fourth-order valence-electron chi connectivity index (χ4n) is 2.67. The lowest BCUT2D eigenvalue weighted by molar-refractivity contribution is 0.425. The Bertz CT molecular complexity index is 1070. The van der Waals surface area contributed by atoms with Gasteiger partial charge in [-0.15, -0.1) is 11.3 Å². The lowest BCUT2D eigenvalue weighted by Gasteiger charge is -2.07. The Morgan fingerprint density at radius 1 is 1.07 bits per heavy atom. The van der Waals surface area contributed by atoms with Crippen molar-refractivity contribution in [1.82, 2.24) is 20.1 Å². The van der Waals surface area contributed by atoms with Gasteiger partial charge in [0.25, 0.3) is 0 Å². The largest absolute Gasteiger partial charge is 0.397 e. The first-order valence-electron chi connectivity index (χ1n) is 8.41. The van der Waals surface area contributed by atoms with E-state index in [1.54, 1.807) is 17.5 Å². The lowest BCUT2D eigenvalue weighted by Crippen LogP contribution is -2.05. The minimum atomic E-state index is 0.476. The van der Waals surface area contributed by atoms with Gasteiger partial charge >= 0.3 is 0 Å². The normalized spacial score (nSPS) is 10.9. The number of anilines is 2. The van der Waals surface area contributed by atoms with E-state index in [2.05, 4.69) is 25.4 Å². The summed E-state index contributed by atoms with van der Waals surface area (Å²) < 4.78 is 5.51. The van der Waals surface area contributed by atoms with Crippen molar-refractivity contribution in [2.45, 2.75) is 20.4 Å². The maximum atomic E-state index is 5.86. The average molecular weight is 378 g/mol. The van der Waals surface area contributed by atoms with Crippen molar-refractivity contribution < 1.29 is 4.52 Å². The Morgan fingerprint density at radius 3 is 2.74 bits per heavy atom. The highest BCUT2D eigenvalue weighted by Gasteiger charge is 2.17. The van der Waals surface area contributed by atoms with Gasteiger partial charge in [0.1, 0.15) is 5.69 Å². The number of nitrogen functional groups attached to an aromatic ring is 1. The molecule has 136 valence electrons. The summed E-state index contributed by atoms with van der Waals surface area (Å²) in [5, 5.41) is 9.37. The summed E-state index contributed by atoms with van der Waals surface area (Å²) in [5.41, 5.74) is 10.6. The van der Waals surface area contributed by atoms with E-state index in [0.717, 1.165) is 27.5 Å². The second-order valence-corrected chi connectivity index (χ2v) is 6.99. The molecule has 27 heavy (non-hydrogen) atoms. The molecule has 0 amide bonds. The summed E-state index contributed by atoms with van der Waals surface area (Å²) in [6.07, 6.45) is 1.75. The van der Waals surface area contributed by atoms with Gasteiger partial charge in [-0.1, -0.05) is 11.2 Å². The van der Waals surface area contributed by atoms with Gasteiger partial charge in [0.15, 0.2) is 5.76 Å². The third kappa shape index (κ3) is 3.52. The fraction of sp³-hybridized carbons (Fsp3) is 0.158. The molecule has 0 fully saturated rings. The lowest BCUT2D eigenvalue weighted by atomic mass is 10.1. The quantitative estimate of drug-likeness (QED) is 0.539. The molecule has 0 aliphatic carbocycles. The number of aryl methyl sites for hydroxylation is 2. The van der Waals surface area contributed by atoms with Gasteiger partial charge in [-0.3, -0.25) is 0 Å². The van der Waals surface area contributed by atoms with Crippen molar-refractivity contribution in [3.8, 4) is 22.0 Å². The van der Waals surface area contributed by atoms with Crippen LogP contribution in [0.15, 0.2) is 46.4 Å². The number of thiophene rings is 1. The highest BCUT2D eigenvalue weighted by molar-refractivity contribution is 7.13. The molecule has 4 aromatic heterocycles. The molecule has 0 aliphatic rings. The second kappa shape index (κ2) is 7.16. The first kappa shape index (κ1) is 17.2. The highest BCUT2D eigenvalue weighted by atomic mass is 32.1. The van der Waals surface area contributed by atoms with Gasteiger partial charge < -0.3 is 15.6 Å². The maximum absolute atomic E-state index is 5.86. The van der Waals surface area contributed by atoms with Crippen LogP contribution in [0.4, 0.5) is 11.6 Å². The monoisotopic (exact) mass is 378 g/mol. The number of rotatable bonds is 5. The molecule has 0 unspecified atom stereocenters. The number of nitrogens with two attached hydrogens (primary N) is 1. The minimum absolute atomic E-state index is 0.476. The average Bonchev–Trinajstić information content (AvgIpc) is 3.33. The third-order valence-electron chi connectivity index (χ3n) is 4.20. The van der Waals surface area contributed by atoms with E-state index in [1.165, 1.54) is 0 Å². The molecule has 0 aliphatic heterocycles. The fourth-order valence-corrected chi connectivity index (χ4v) is 3.36. The number of pyridine rings is 1. The molecule has 0 aromatic carbocycles. The van der Waals surface area contributed by atoms with Gasteiger partial charge in [-0.2, -0.15) is 0 Å². The Kier molecular flexibility index (Phi) is 4.55. The smallest absolute Gasteiger partial charge is 0.223 e. The van der Waals surface area contributed by atoms with E-state index in [1.807, 2.05) is 49.6 Å². The van der Waals surface area contributed by atoms with Crippen LogP contribution in [0, 0.1) is 13.8 Å². The zero-order valence-corrected chi connectivity index (χ0v) is 15.7. The molecule has 0 atom stereocenters. The van der Waals surface area contributed by atoms with E-state index in [4.69, 9.17) is 10.3 Å². The van der Waals surface area contributed by atoms with E-state index in [0.29, 0.717) is 29.6 Å². The topological polar surface area (TPSA) is 103 Å². The van der Waals surface area contributed by atoms with Crippen LogP contribution in [0.25, 0.3) is 22.0 Å². The van der Waals surface area contributed by atoms with Gasteiger partial charge in [0.2, 0.25) is 5.95 Å².